The second kappa shape index (κ2) is 8.62. The van der Waals surface area contributed by atoms with E-state index in [1.165, 1.54) is 6.08 Å². The molecule has 1 aromatic heterocycles. The highest BCUT2D eigenvalue weighted by atomic mass is 16.7. The SMILES string of the molecule is O=C(C=Cc1ccc2c(c1)OCO2)NC(CO)C(=O)Nc1ccc2ncccc2c1. The van der Waals surface area contributed by atoms with Crippen LogP contribution in [0.15, 0.2) is 60.8 Å². The van der Waals surface area contributed by atoms with E-state index < -0.39 is 24.5 Å². The topological polar surface area (TPSA) is 110 Å². The Morgan fingerprint density at radius 3 is 2.87 bits per heavy atom. The molecule has 0 aliphatic carbocycles. The van der Waals surface area contributed by atoms with Crippen molar-refractivity contribution in [2.45, 2.75) is 6.04 Å². The fraction of sp³-hybridized carbons (Fsp3) is 0.136. The van der Waals surface area contributed by atoms with E-state index in [2.05, 4.69) is 15.6 Å². The van der Waals surface area contributed by atoms with E-state index in [1.54, 1.807) is 54.7 Å². The first-order valence-corrected chi connectivity index (χ1v) is 9.27. The van der Waals surface area contributed by atoms with Crippen LogP contribution < -0.4 is 20.1 Å². The largest absolute Gasteiger partial charge is 0.454 e. The Bertz CT molecular complexity index is 1130. The van der Waals surface area contributed by atoms with E-state index in [4.69, 9.17) is 9.47 Å². The van der Waals surface area contributed by atoms with Gasteiger partial charge in [0.15, 0.2) is 11.5 Å². The number of fused-ring (bicyclic) bond motifs is 2. The number of amides is 2. The molecule has 0 saturated heterocycles. The number of carbonyl (C=O) groups is 2. The maximum Gasteiger partial charge on any atom is 0.249 e. The van der Waals surface area contributed by atoms with Gasteiger partial charge in [-0.2, -0.15) is 0 Å². The molecule has 2 heterocycles. The highest BCUT2D eigenvalue weighted by Gasteiger charge is 2.19. The number of hydrogen-bond donors (Lipinski definition) is 3. The van der Waals surface area contributed by atoms with Crippen molar-refractivity contribution in [1.29, 1.82) is 0 Å². The first-order chi connectivity index (χ1) is 14.6. The van der Waals surface area contributed by atoms with Crippen molar-refractivity contribution in [3.05, 3.63) is 66.4 Å². The van der Waals surface area contributed by atoms with Gasteiger partial charge in [0.05, 0.1) is 12.1 Å². The molecule has 0 radical (unpaired) electrons. The minimum Gasteiger partial charge on any atom is -0.454 e. The number of aliphatic hydroxyl groups is 1. The minimum absolute atomic E-state index is 0.171. The third-order valence-corrected chi connectivity index (χ3v) is 4.51. The van der Waals surface area contributed by atoms with Crippen LogP contribution in [-0.4, -0.2) is 41.3 Å². The molecule has 2 amide bonds. The monoisotopic (exact) mass is 405 g/mol. The number of carbonyl (C=O) groups excluding carboxylic acids is 2. The first-order valence-electron chi connectivity index (χ1n) is 9.27. The number of ether oxygens (including phenoxy) is 2. The Kier molecular flexibility index (Phi) is 5.58. The number of rotatable bonds is 6. The van der Waals surface area contributed by atoms with Crippen LogP contribution in [0.25, 0.3) is 17.0 Å². The number of nitrogens with one attached hydrogen (secondary N) is 2. The molecule has 0 saturated carbocycles. The molecule has 152 valence electrons. The molecule has 1 unspecified atom stereocenters. The molecule has 0 bridgehead atoms. The number of pyridine rings is 1. The van der Waals surface area contributed by atoms with Crippen LogP contribution >= 0.6 is 0 Å². The van der Waals surface area contributed by atoms with E-state index in [0.717, 1.165) is 16.5 Å². The number of hydrogen-bond acceptors (Lipinski definition) is 6. The summed E-state index contributed by atoms with van der Waals surface area (Å²) in [6, 6.07) is 13.1. The van der Waals surface area contributed by atoms with Crippen molar-refractivity contribution in [1.82, 2.24) is 10.3 Å². The maximum atomic E-state index is 12.5. The molecular formula is C22H19N3O5. The number of anilines is 1. The van der Waals surface area contributed by atoms with Crippen LogP contribution in [0.1, 0.15) is 5.56 Å². The fourth-order valence-electron chi connectivity index (χ4n) is 2.99. The molecule has 8 heteroatoms. The van der Waals surface area contributed by atoms with Gasteiger partial charge in [0.1, 0.15) is 6.04 Å². The van der Waals surface area contributed by atoms with Crippen molar-refractivity contribution < 1.29 is 24.2 Å². The van der Waals surface area contributed by atoms with E-state index in [9.17, 15) is 14.7 Å². The molecule has 0 fully saturated rings. The van der Waals surface area contributed by atoms with Gasteiger partial charge in [-0.15, -0.1) is 0 Å². The Balaban J connectivity index is 1.37. The number of aliphatic hydroxyl groups excluding tert-OH is 1. The van der Waals surface area contributed by atoms with Gasteiger partial charge in [-0.3, -0.25) is 14.6 Å². The summed E-state index contributed by atoms with van der Waals surface area (Å²) in [5.41, 5.74) is 2.09. The van der Waals surface area contributed by atoms with Gasteiger partial charge in [0.25, 0.3) is 0 Å². The third-order valence-electron chi connectivity index (χ3n) is 4.51. The number of benzene rings is 2. The smallest absolute Gasteiger partial charge is 0.249 e. The zero-order valence-corrected chi connectivity index (χ0v) is 15.9. The lowest BCUT2D eigenvalue weighted by atomic mass is 10.2. The molecule has 1 aliphatic heterocycles. The summed E-state index contributed by atoms with van der Waals surface area (Å²) in [5.74, 6) is 0.226. The summed E-state index contributed by atoms with van der Waals surface area (Å²) in [6.45, 7) is -0.366. The number of aromatic nitrogens is 1. The molecule has 3 N–H and O–H groups in total. The highest BCUT2D eigenvalue weighted by Crippen LogP contribution is 2.32. The maximum absolute atomic E-state index is 12.5. The molecule has 4 rings (SSSR count). The normalized spacial score (nSPS) is 13.4. The van der Waals surface area contributed by atoms with Gasteiger partial charge >= 0.3 is 0 Å². The molecule has 8 nitrogen and oxygen atoms in total. The quantitative estimate of drug-likeness (QED) is 0.542. The van der Waals surface area contributed by atoms with Crippen molar-refractivity contribution in [2.75, 3.05) is 18.7 Å². The van der Waals surface area contributed by atoms with Crippen LogP contribution in [0.2, 0.25) is 0 Å². The molecule has 3 aromatic rings. The summed E-state index contributed by atoms with van der Waals surface area (Å²) in [6.07, 6.45) is 4.56. The van der Waals surface area contributed by atoms with Gasteiger partial charge in [-0.1, -0.05) is 12.1 Å². The summed E-state index contributed by atoms with van der Waals surface area (Å²) < 4.78 is 10.5. The zero-order valence-electron chi connectivity index (χ0n) is 15.9. The van der Waals surface area contributed by atoms with Crippen LogP contribution in [0.5, 0.6) is 11.5 Å². The van der Waals surface area contributed by atoms with Gasteiger partial charge in [0.2, 0.25) is 18.6 Å². The van der Waals surface area contributed by atoms with Crippen LogP contribution in [0.3, 0.4) is 0 Å². The van der Waals surface area contributed by atoms with E-state index in [1.807, 2.05) is 6.07 Å². The standard InChI is InChI=1S/C22H19N3O5/c26-12-18(22(28)24-16-5-6-17-15(11-16)2-1-9-23-17)25-21(27)8-4-14-3-7-19-20(10-14)30-13-29-19/h1-11,18,26H,12-13H2,(H,24,28)(H,25,27). The lowest BCUT2D eigenvalue weighted by molar-refractivity contribution is -0.124. The lowest BCUT2D eigenvalue weighted by Gasteiger charge is -2.15. The Labute approximate surface area is 172 Å². The fourth-order valence-corrected chi connectivity index (χ4v) is 2.99. The molecule has 1 aliphatic rings. The highest BCUT2D eigenvalue weighted by molar-refractivity contribution is 6.01. The predicted molar refractivity (Wildman–Crippen MR) is 111 cm³/mol. The summed E-state index contributed by atoms with van der Waals surface area (Å²) >= 11 is 0. The van der Waals surface area contributed by atoms with E-state index in [0.29, 0.717) is 17.2 Å². The van der Waals surface area contributed by atoms with Gasteiger partial charge in [-0.25, -0.2) is 0 Å². The van der Waals surface area contributed by atoms with E-state index in [-0.39, 0.29) is 6.79 Å². The number of nitrogens with zero attached hydrogens (tertiary/aromatic N) is 1. The Hall–Kier alpha value is -3.91. The Morgan fingerprint density at radius 2 is 2.00 bits per heavy atom. The Morgan fingerprint density at radius 1 is 1.13 bits per heavy atom. The van der Waals surface area contributed by atoms with Crippen molar-refractivity contribution in [3.8, 4) is 11.5 Å². The van der Waals surface area contributed by atoms with Crippen molar-refractivity contribution in [2.24, 2.45) is 0 Å². The average molecular weight is 405 g/mol. The van der Waals surface area contributed by atoms with Crippen molar-refractivity contribution >= 4 is 34.5 Å². The molecular weight excluding hydrogens is 386 g/mol. The lowest BCUT2D eigenvalue weighted by Crippen LogP contribution is -2.45. The molecule has 0 spiro atoms. The van der Waals surface area contributed by atoms with Gasteiger partial charge in [0, 0.05) is 23.3 Å². The van der Waals surface area contributed by atoms with Crippen LogP contribution in [-0.2, 0) is 9.59 Å². The molecule has 30 heavy (non-hydrogen) atoms. The average Bonchev–Trinajstić information content (AvgIpc) is 3.23. The minimum atomic E-state index is -1.09. The molecule has 2 aromatic carbocycles. The zero-order chi connectivity index (χ0) is 20.9. The van der Waals surface area contributed by atoms with Crippen LogP contribution in [0.4, 0.5) is 5.69 Å². The predicted octanol–water partition coefficient (Wildman–Crippen LogP) is 2.09. The third kappa shape index (κ3) is 4.39. The summed E-state index contributed by atoms with van der Waals surface area (Å²) in [5, 5.41) is 15.6. The molecule has 1 atom stereocenters. The second-order valence-corrected chi connectivity index (χ2v) is 6.59. The summed E-state index contributed by atoms with van der Waals surface area (Å²) in [7, 11) is 0. The summed E-state index contributed by atoms with van der Waals surface area (Å²) in [4.78, 5) is 28.9. The van der Waals surface area contributed by atoms with Crippen LogP contribution in [0, 0.1) is 0 Å². The van der Waals surface area contributed by atoms with E-state index >= 15 is 0 Å². The van der Waals surface area contributed by atoms with Gasteiger partial charge < -0.3 is 25.2 Å². The first kappa shape index (κ1) is 19.4. The second-order valence-electron chi connectivity index (χ2n) is 6.59. The van der Waals surface area contributed by atoms with Crippen molar-refractivity contribution in [3.63, 3.8) is 0 Å². The van der Waals surface area contributed by atoms with Gasteiger partial charge in [-0.05, 0) is 48.0 Å².